The highest BCUT2D eigenvalue weighted by molar-refractivity contribution is 5.30. The second-order valence-corrected chi connectivity index (χ2v) is 3.11. The molecule has 0 aliphatic rings. The predicted octanol–water partition coefficient (Wildman–Crippen LogP) is 1.62. The third-order valence-electron chi connectivity index (χ3n) is 1.82. The summed E-state index contributed by atoms with van der Waals surface area (Å²) < 4.78 is 5.04. The summed E-state index contributed by atoms with van der Waals surface area (Å²) in [5.74, 6) is 3.74. The summed E-state index contributed by atoms with van der Waals surface area (Å²) in [6.07, 6.45) is 6.82. The molecule has 0 saturated heterocycles. The molecule has 0 aliphatic carbocycles. The minimum Gasteiger partial charge on any atom is -0.481 e. The summed E-state index contributed by atoms with van der Waals surface area (Å²) in [5, 5.41) is 3.10. The van der Waals surface area contributed by atoms with Gasteiger partial charge in [0.15, 0.2) is 0 Å². The van der Waals surface area contributed by atoms with E-state index < -0.39 is 0 Å². The van der Waals surface area contributed by atoms with E-state index >= 15 is 0 Å². The van der Waals surface area contributed by atoms with Gasteiger partial charge in [0.05, 0.1) is 7.11 Å². The van der Waals surface area contributed by atoms with Crippen molar-refractivity contribution in [3.63, 3.8) is 0 Å². The summed E-state index contributed by atoms with van der Waals surface area (Å²) in [6, 6.07) is 1.78. The van der Waals surface area contributed by atoms with Crippen LogP contribution in [0.25, 0.3) is 0 Å². The number of terminal acetylenes is 1. The lowest BCUT2D eigenvalue weighted by Gasteiger charge is -2.06. The van der Waals surface area contributed by atoms with Crippen molar-refractivity contribution < 1.29 is 4.74 Å². The first-order chi connectivity index (χ1) is 7.26. The molecular weight excluding hydrogens is 190 g/mol. The highest BCUT2D eigenvalue weighted by Gasteiger charge is 2.00. The van der Waals surface area contributed by atoms with Crippen molar-refractivity contribution >= 4 is 5.95 Å². The molecule has 0 bridgehead atoms. The molecule has 80 valence electrons. The van der Waals surface area contributed by atoms with Gasteiger partial charge in [0.1, 0.15) is 0 Å². The average Bonchev–Trinajstić information content (AvgIpc) is 2.23. The number of aromatic nitrogens is 2. The summed E-state index contributed by atoms with van der Waals surface area (Å²) in [6.45, 7) is 2.67. The van der Waals surface area contributed by atoms with Crippen molar-refractivity contribution in [3.8, 4) is 18.2 Å². The van der Waals surface area contributed by atoms with Crippen LogP contribution in [0.15, 0.2) is 6.07 Å². The standard InChI is InChI=1S/C11H15N3O/c1-4-5-6-7-12-11-13-9(2)8-10(14-11)15-3/h1,8H,5-7H2,2-3H3,(H,12,13,14). The van der Waals surface area contributed by atoms with Crippen LogP contribution >= 0.6 is 0 Å². The van der Waals surface area contributed by atoms with Gasteiger partial charge < -0.3 is 10.1 Å². The van der Waals surface area contributed by atoms with E-state index in [4.69, 9.17) is 11.2 Å². The highest BCUT2D eigenvalue weighted by Crippen LogP contribution is 2.10. The predicted molar refractivity (Wildman–Crippen MR) is 59.9 cm³/mol. The Labute approximate surface area is 90.1 Å². The van der Waals surface area contributed by atoms with E-state index in [2.05, 4.69) is 21.2 Å². The number of nitrogens with one attached hydrogen (secondary N) is 1. The maximum absolute atomic E-state index is 5.15. The molecule has 0 aromatic carbocycles. The van der Waals surface area contributed by atoms with Gasteiger partial charge in [0.2, 0.25) is 11.8 Å². The van der Waals surface area contributed by atoms with E-state index in [1.165, 1.54) is 0 Å². The van der Waals surface area contributed by atoms with Gasteiger partial charge in [-0.25, -0.2) is 4.98 Å². The largest absolute Gasteiger partial charge is 0.481 e. The molecule has 0 spiro atoms. The third kappa shape index (κ3) is 3.86. The average molecular weight is 205 g/mol. The van der Waals surface area contributed by atoms with Gasteiger partial charge in [-0.3, -0.25) is 0 Å². The SMILES string of the molecule is C#CCCCNc1nc(C)cc(OC)n1. The van der Waals surface area contributed by atoms with Crippen LogP contribution < -0.4 is 10.1 Å². The molecule has 4 heteroatoms. The zero-order chi connectivity index (χ0) is 11.1. The lowest BCUT2D eigenvalue weighted by atomic mass is 10.3. The van der Waals surface area contributed by atoms with Gasteiger partial charge in [-0.1, -0.05) is 0 Å². The van der Waals surface area contributed by atoms with E-state index in [-0.39, 0.29) is 0 Å². The Kier molecular flexibility index (Phi) is 4.42. The Morgan fingerprint density at radius 1 is 1.53 bits per heavy atom. The summed E-state index contributed by atoms with van der Waals surface area (Å²) in [5.41, 5.74) is 0.876. The van der Waals surface area contributed by atoms with Gasteiger partial charge in [-0.05, 0) is 13.3 Å². The monoisotopic (exact) mass is 205 g/mol. The van der Waals surface area contributed by atoms with Crippen LogP contribution in [0.3, 0.4) is 0 Å². The van der Waals surface area contributed by atoms with Crippen molar-refractivity contribution in [2.75, 3.05) is 19.0 Å². The number of nitrogens with zero attached hydrogens (tertiary/aromatic N) is 2. The molecule has 0 saturated carbocycles. The summed E-state index contributed by atoms with van der Waals surface area (Å²) in [4.78, 5) is 8.38. The zero-order valence-electron chi connectivity index (χ0n) is 9.08. The lowest BCUT2D eigenvalue weighted by Crippen LogP contribution is -2.06. The Balaban J connectivity index is 2.53. The normalized spacial score (nSPS) is 9.40. The van der Waals surface area contributed by atoms with Crippen LogP contribution in [-0.2, 0) is 0 Å². The van der Waals surface area contributed by atoms with Gasteiger partial charge in [-0.2, -0.15) is 4.98 Å². The maximum Gasteiger partial charge on any atom is 0.226 e. The Bertz CT molecular complexity index is 357. The number of unbranched alkanes of at least 4 members (excludes halogenated alkanes) is 1. The van der Waals surface area contributed by atoms with Crippen molar-refractivity contribution in [2.24, 2.45) is 0 Å². The Hall–Kier alpha value is -1.76. The number of hydrogen-bond donors (Lipinski definition) is 1. The van der Waals surface area contributed by atoms with Crippen LogP contribution in [0.1, 0.15) is 18.5 Å². The molecule has 1 heterocycles. The fourth-order valence-corrected chi connectivity index (χ4v) is 1.11. The molecule has 1 aromatic heterocycles. The minimum absolute atomic E-state index is 0.571. The molecule has 15 heavy (non-hydrogen) atoms. The first-order valence-electron chi connectivity index (χ1n) is 4.83. The van der Waals surface area contributed by atoms with E-state index in [0.717, 1.165) is 25.1 Å². The first kappa shape index (κ1) is 11.3. The second-order valence-electron chi connectivity index (χ2n) is 3.11. The topological polar surface area (TPSA) is 47.0 Å². The summed E-state index contributed by atoms with van der Waals surface area (Å²) in [7, 11) is 1.59. The molecule has 0 unspecified atom stereocenters. The van der Waals surface area contributed by atoms with E-state index in [9.17, 15) is 0 Å². The van der Waals surface area contributed by atoms with Crippen LogP contribution in [0, 0.1) is 19.3 Å². The fraction of sp³-hybridized carbons (Fsp3) is 0.455. The van der Waals surface area contributed by atoms with Crippen LogP contribution in [-0.4, -0.2) is 23.6 Å². The van der Waals surface area contributed by atoms with Gasteiger partial charge in [0.25, 0.3) is 0 Å². The Morgan fingerprint density at radius 3 is 3.00 bits per heavy atom. The molecular formula is C11H15N3O. The molecule has 1 rings (SSSR count). The molecule has 1 aromatic rings. The smallest absolute Gasteiger partial charge is 0.226 e. The number of rotatable bonds is 5. The van der Waals surface area contributed by atoms with Crippen molar-refractivity contribution in [1.29, 1.82) is 0 Å². The number of aryl methyl sites for hydroxylation is 1. The number of anilines is 1. The minimum atomic E-state index is 0.571. The zero-order valence-corrected chi connectivity index (χ0v) is 9.08. The fourth-order valence-electron chi connectivity index (χ4n) is 1.11. The summed E-state index contributed by atoms with van der Waals surface area (Å²) >= 11 is 0. The van der Waals surface area contributed by atoms with Gasteiger partial charge in [-0.15, -0.1) is 12.3 Å². The molecule has 0 amide bonds. The van der Waals surface area contributed by atoms with Crippen molar-refractivity contribution in [1.82, 2.24) is 9.97 Å². The number of hydrogen-bond acceptors (Lipinski definition) is 4. The van der Waals surface area contributed by atoms with E-state index in [1.54, 1.807) is 13.2 Å². The van der Waals surface area contributed by atoms with E-state index in [0.29, 0.717) is 11.8 Å². The second kappa shape index (κ2) is 5.86. The quantitative estimate of drug-likeness (QED) is 0.586. The van der Waals surface area contributed by atoms with Crippen molar-refractivity contribution in [2.45, 2.75) is 19.8 Å². The molecule has 4 nitrogen and oxygen atoms in total. The van der Waals surface area contributed by atoms with Crippen molar-refractivity contribution in [3.05, 3.63) is 11.8 Å². The maximum atomic E-state index is 5.15. The molecule has 1 N–H and O–H groups in total. The van der Waals surface area contributed by atoms with Crippen LogP contribution in [0.2, 0.25) is 0 Å². The van der Waals surface area contributed by atoms with Crippen LogP contribution in [0.5, 0.6) is 5.88 Å². The third-order valence-corrected chi connectivity index (χ3v) is 1.82. The van der Waals surface area contributed by atoms with Gasteiger partial charge >= 0.3 is 0 Å². The molecule has 0 atom stereocenters. The Morgan fingerprint density at radius 2 is 2.33 bits per heavy atom. The van der Waals surface area contributed by atoms with Gasteiger partial charge in [0, 0.05) is 24.7 Å². The first-order valence-corrected chi connectivity index (χ1v) is 4.83. The molecule has 0 fully saturated rings. The van der Waals surface area contributed by atoms with E-state index in [1.807, 2.05) is 6.92 Å². The molecule has 0 aliphatic heterocycles. The number of methoxy groups -OCH3 is 1. The number of ether oxygens (including phenoxy) is 1. The molecule has 0 radical (unpaired) electrons. The highest BCUT2D eigenvalue weighted by atomic mass is 16.5. The lowest BCUT2D eigenvalue weighted by molar-refractivity contribution is 0.397. The van der Waals surface area contributed by atoms with Crippen LogP contribution in [0.4, 0.5) is 5.95 Å².